The summed E-state index contributed by atoms with van der Waals surface area (Å²) >= 11 is 6.00. The Balaban J connectivity index is 2.59. The third kappa shape index (κ3) is 1.76. The molecule has 0 fully saturated rings. The van der Waals surface area contributed by atoms with Gasteiger partial charge in [-0.1, -0.05) is 23.7 Å². The van der Waals surface area contributed by atoms with Crippen molar-refractivity contribution in [1.29, 1.82) is 0 Å². The summed E-state index contributed by atoms with van der Waals surface area (Å²) in [4.78, 5) is 3.92. The number of aliphatic hydroxyl groups is 1. The van der Waals surface area contributed by atoms with Crippen LogP contribution in [-0.4, -0.2) is 10.1 Å². The zero-order valence-electron chi connectivity index (χ0n) is 8.20. The highest BCUT2D eigenvalue weighted by Gasteiger charge is 2.13. The first-order valence-electron chi connectivity index (χ1n) is 4.52. The summed E-state index contributed by atoms with van der Waals surface area (Å²) in [6.07, 6.45) is 1.32. The molecule has 1 N–H and O–H groups in total. The summed E-state index contributed by atoms with van der Waals surface area (Å²) < 4.78 is 5.25. The largest absolute Gasteiger partial charge is 0.443 e. The minimum absolute atomic E-state index is 0.141. The van der Waals surface area contributed by atoms with Crippen molar-refractivity contribution in [3.05, 3.63) is 40.9 Å². The van der Waals surface area contributed by atoms with Gasteiger partial charge in [0.25, 0.3) is 0 Å². The Morgan fingerprint density at radius 2 is 2.27 bits per heavy atom. The third-order valence-electron chi connectivity index (χ3n) is 2.30. The van der Waals surface area contributed by atoms with Gasteiger partial charge in [-0.05, 0) is 18.6 Å². The molecule has 0 aliphatic rings. The minimum atomic E-state index is -0.141. The van der Waals surface area contributed by atoms with E-state index in [9.17, 15) is 0 Å². The van der Waals surface area contributed by atoms with Crippen LogP contribution in [0.15, 0.2) is 29.0 Å². The number of hydrogen-bond acceptors (Lipinski definition) is 3. The highest BCUT2D eigenvalue weighted by atomic mass is 35.5. The summed E-state index contributed by atoms with van der Waals surface area (Å²) in [5.41, 5.74) is 2.31. The van der Waals surface area contributed by atoms with Crippen LogP contribution in [0.3, 0.4) is 0 Å². The minimum Gasteiger partial charge on any atom is -0.443 e. The van der Waals surface area contributed by atoms with Crippen LogP contribution in [0.5, 0.6) is 0 Å². The summed E-state index contributed by atoms with van der Waals surface area (Å²) in [5.74, 6) is 0.581. The molecule has 0 aliphatic heterocycles. The van der Waals surface area contributed by atoms with Crippen molar-refractivity contribution in [2.75, 3.05) is 0 Å². The van der Waals surface area contributed by atoms with E-state index in [1.165, 1.54) is 6.39 Å². The van der Waals surface area contributed by atoms with Gasteiger partial charge in [-0.3, -0.25) is 0 Å². The molecular weight excluding hydrogens is 214 g/mol. The molecule has 0 bridgehead atoms. The Morgan fingerprint density at radius 1 is 1.47 bits per heavy atom. The molecule has 1 aromatic carbocycles. The molecule has 3 nitrogen and oxygen atoms in total. The smallest absolute Gasteiger partial charge is 0.181 e. The molecule has 0 radical (unpaired) electrons. The van der Waals surface area contributed by atoms with Crippen LogP contribution in [0.4, 0.5) is 0 Å². The Kier molecular flexibility index (Phi) is 2.75. The molecule has 0 amide bonds. The second-order valence-corrected chi connectivity index (χ2v) is 3.61. The number of rotatable bonds is 2. The number of oxazole rings is 1. The predicted molar refractivity (Wildman–Crippen MR) is 57.6 cm³/mol. The quantitative estimate of drug-likeness (QED) is 0.852. The molecule has 0 atom stereocenters. The van der Waals surface area contributed by atoms with E-state index >= 15 is 0 Å². The van der Waals surface area contributed by atoms with E-state index in [0.717, 1.165) is 11.1 Å². The van der Waals surface area contributed by atoms with E-state index in [1.807, 2.05) is 25.1 Å². The van der Waals surface area contributed by atoms with Gasteiger partial charge in [0.15, 0.2) is 12.2 Å². The van der Waals surface area contributed by atoms with Crippen LogP contribution in [-0.2, 0) is 6.61 Å². The molecule has 2 rings (SSSR count). The number of nitrogens with zero attached hydrogens (tertiary/aromatic N) is 1. The number of aliphatic hydroxyl groups excluding tert-OH is 1. The zero-order valence-corrected chi connectivity index (χ0v) is 8.95. The molecule has 2 aromatic rings. The first-order chi connectivity index (χ1) is 7.24. The van der Waals surface area contributed by atoms with Crippen molar-refractivity contribution >= 4 is 11.6 Å². The molecule has 0 saturated heterocycles. The molecular formula is C11H10ClNO2. The lowest BCUT2D eigenvalue weighted by atomic mass is 10.1. The summed E-state index contributed by atoms with van der Waals surface area (Å²) in [6.45, 7) is 1.76. The van der Waals surface area contributed by atoms with Crippen LogP contribution < -0.4 is 0 Å². The summed E-state index contributed by atoms with van der Waals surface area (Å²) in [5, 5.41) is 9.75. The highest BCUT2D eigenvalue weighted by Crippen LogP contribution is 2.30. The van der Waals surface area contributed by atoms with Crippen LogP contribution >= 0.6 is 11.6 Å². The van der Waals surface area contributed by atoms with E-state index in [0.29, 0.717) is 16.5 Å². The van der Waals surface area contributed by atoms with E-state index in [1.54, 1.807) is 0 Å². The van der Waals surface area contributed by atoms with Gasteiger partial charge in [-0.25, -0.2) is 4.98 Å². The maximum Gasteiger partial charge on any atom is 0.181 e. The van der Waals surface area contributed by atoms with E-state index < -0.39 is 0 Å². The standard InChI is InChI=1S/C11H10ClNO2/c1-7-8(3-2-4-9(7)12)11-10(5-14)13-6-15-11/h2-4,6,14H,5H2,1H3. The van der Waals surface area contributed by atoms with Gasteiger partial charge < -0.3 is 9.52 Å². The number of benzene rings is 1. The SMILES string of the molecule is Cc1c(Cl)cccc1-c1ocnc1CO. The first-order valence-corrected chi connectivity index (χ1v) is 4.90. The topological polar surface area (TPSA) is 46.3 Å². The fraction of sp³-hybridized carbons (Fsp3) is 0.182. The molecule has 0 aliphatic carbocycles. The highest BCUT2D eigenvalue weighted by molar-refractivity contribution is 6.31. The van der Waals surface area contributed by atoms with E-state index in [-0.39, 0.29) is 6.61 Å². The molecule has 78 valence electrons. The van der Waals surface area contributed by atoms with Gasteiger partial charge in [0, 0.05) is 10.6 Å². The fourth-order valence-electron chi connectivity index (χ4n) is 1.45. The maximum atomic E-state index is 9.07. The number of halogens is 1. The van der Waals surface area contributed by atoms with Gasteiger partial charge in [-0.15, -0.1) is 0 Å². The molecule has 0 spiro atoms. The molecule has 1 heterocycles. The second-order valence-electron chi connectivity index (χ2n) is 3.20. The zero-order chi connectivity index (χ0) is 10.8. The Bertz CT molecular complexity index is 479. The predicted octanol–water partition coefficient (Wildman–Crippen LogP) is 2.80. The van der Waals surface area contributed by atoms with Gasteiger partial charge in [0.05, 0.1) is 6.61 Å². The lowest BCUT2D eigenvalue weighted by molar-refractivity contribution is 0.277. The van der Waals surface area contributed by atoms with Crippen molar-refractivity contribution in [1.82, 2.24) is 4.98 Å². The van der Waals surface area contributed by atoms with Crippen LogP contribution in [0.1, 0.15) is 11.3 Å². The lowest BCUT2D eigenvalue weighted by Gasteiger charge is -2.04. The van der Waals surface area contributed by atoms with Crippen molar-refractivity contribution < 1.29 is 9.52 Å². The van der Waals surface area contributed by atoms with E-state index in [2.05, 4.69) is 4.98 Å². The summed E-state index contributed by atoms with van der Waals surface area (Å²) in [6, 6.07) is 5.55. The van der Waals surface area contributed by atoms with Gasteiger partial charge in [-0.2, -0.15) is 0 Å². The van der Waals surface area contributed by atoms with Crippen LogP contribution in [0.25, 0.3) is 11.3 Å². The van der Waals surface area contributed by atoms with Gasteiger partial charge in [0.2, 0.25) is 0 Å². The Labute approximate surface area is 92.3 Å². The van der Waals surface area contributed by atoms with Crippen molar-refractivity contribution in [3.63, 3.8) is 0 Å². The van der Waals surface area contributed by atoms with E-state index in [4.69, 9.17) is 21.1 Å². The fourth-order valence-corrected chi connectivity index (χ4v) is 1.63. The van der Waals surface area contributed by atoms with Crippen molar-refractivity contribution in [3.8, 4) is 11.3 Å². The summed E-state index contributed by atoms with van der Waals surface area (Å²) in [7, 11) is 0. The average Bonchev–Trinajstić information content (AvgIpc) is 2.70. The third-order valence-corrected chi connectivity index (χ3v) is 2.71. The Hall–Kier alpha value is -1.32. The lowest BCUT2D eigenvalue weighted by Crippen LogP contribution is -1.89. The molecule has 1 aromatic heterocycles. The molecule has 0 saturated carbocycles. The average molecular weight is 224 g/mol. The number of hydrogen-bond donors (Lipinski definition) is 1. The van der Waals surface area contributed by atoms with Crippen molar-refractivity contribution in [2.24, 2.45) is 0 Å². The molecule has 4 heteroatoms. The van der Waals surface area contributed by atoms with Crippen LogP contribution in [0.2, 0.25) is 5.02 Å². The normalized spacial score (nSPS) is 10.6. The van der Waals surface area contributed by atoms with Gasteiger partial charge >= 0.3 is 0 Å². The molecule has 0 unspecified atom stereocenters. The number of aromatic nitrogens is 1. The monoisotopic (exact) mass is 223 g/mol. The Morgan fingerprint density at radius 3 is 3.00 bits per heavy atom. The first kappa shape index (κ1) is 10.2. The van der Waals surface area contributed by atoms with Gasteiger partial charge in [0.1, 0.15) is 5.69 Å². The second kappa shape index (κ2) is 4.04. The van der Waals surface area contributed by atoms with Crippen LogP contribution in [0, 0.1) is 6.92 Å². The van der Waals surface area contributed by atoms with Crippen molar-refractivity contribution in [2.45, 2.75) is 13.5 Å². The maximum absolute atomic E-state index is 9.07. The molecule has 15 heavy (non-hydrogen) atoms.